The number of pyridine rings is 1. The van der Waals surface area contributed by atoms with Gasteiger partial charge < -0.3 is 4.74 Å². The Bertz CT molecular complexity index is 599. The highest BCUT2D eigenvalue weighted by Crippen LogP contribution is 2.32. The van der Waals surface area contributed by atoms with E-state index in [4.69, 9.17) is 4.74 Å². The number of aromatic nitrogens is 1. The maximum atomic E-state index is 12.5. The van der Waals surface area contributed by atoms with Crippen LogP contribution in [-0.4, -0.2) is 4.98 Å². The van der Waals surface area contributed by atoms with Crippen molar-refractivity contribution in [2.24, 2.45) is 0 Å². The predicted octanol–water partition coefficient (Wildman–Crippen LogP) is 4.96. The van der Waals surface area contributed by atoms with Gasteiger partial charge in [-0.2, -0.15) is 13.2 Å². The highest BCUT2D eigenvalue weighted by atomic mass is 79.9. The Morgan fingerprint density at radius 3 is 2.53 bits per heavy atom. The van der Waals surface area contributed by atoms with Gasteiger partial charge in [-0.15, -0.1) is 0 Å². The van der Waals surface area contributed by atoms with Gasteiger partial charge in [0.1, 0.15) is 5.75 Å². The minimum absolute atomic E-state index is 0.0865. The van der Waals surface area contributed by atoms with E-state index >= 15 is 0 Å². The number of nitrogens with zero attached hydrogens (tertiary/aromatic N) is 1. The van der Waals surface area contributed by atoms with E-state index in [2.05, 4.69) is 20.9 Å². The number of rotatable bonds is 2. The first-order valence-electron chi connectivity index (χ1n) is 5.33. The monoisotopic (exact) mass is 331 g/mol. The number of alkyl halides is 3. The molecular weight excluding hydrogens is 323 g/mol. The minimum atomic E-state index is -4.41. The molecule has 19 heavy (non-hydrogen) atoms. The lowest BCUT2D eigenvalue weighted by atomic mass is 10.2. The standard InChI is InChI=1S/C13H9BrF3NO/c1-8-6-10(2-3-11(8)14)19-12-7-9(4-5-18-12)13(15,16)17/h2-7H,1H3. The van der Waals surface area contributed by atoms with E-state index in [0.29, 0.717) is 5.75 Å². The summed E-state index contributed by atoms with van der Waals surface area (Å²) in [5.41, 5.74) is 0.135. The van der Waals surface area contributed by atoms with Crippen molar-refractivity contribution >= 4 is 15.9 Å². The van der Waals surface area contributed by atoms with Crippen molar-refractivity contribution < 1.29 is 17.9 Å². The van der Waals surface area contributed by atoms with Crippen molar-refractivity contribution in [2.75, 3.05) is 0 Å². The Morgan fingerprint density at radius 1 is 1.16 bits per heavy atom. The smallest absolute Gasteiger partial charge is 0.416 e. The van der Waals surface area contributed by atoms with Gasteiger partial charge >= 0.3 is 6.18 Å². The van der Waals surface area contributed by atoms with Gasteiger partial charge in [0.2, 0.25) is 5.88 Å². The molecule has 1 aromatic heterocycles. The predicted molar refractivity (Wildman–Crippen MR) is 68.2 cm³/mol. The van der Waals surface area contributed by atoms with Crippen LogP contribution in [0.15, 0.2) is 41.0 Å². The number of hydrogen-bond donors (Lipinski definition) is 0. The van der Waals surface area contributed by atoms with Crippen LogP contribution in [0.3, 0.4) is 0 Å². The van der Waals surface area contributed by atoms with Crippen molar-refractivity contribution in [3.8, 4) is 11.6 Å². The Balaban J connectivity index is 2.26. The second kappa shape index (κ2) is 5.21. The summed E-state index contributed by atoms with van der Waals surface area (Å²) < 4.78 is 43.8. The van der Waals surface area contributed by atoms with Crippen LogP contribution < -0.4 is 4.74 Å². The molecule has 2 aromatic rings. The quantitative estimate of drug-likeness (QED) is 0.775. The third-order valence-corrected chi connectivity index (χ3v) is 3.30. The summed E-state index contributed by atoms with van der Waals surface area (Å²) in [5.74, 6) is 0.351. The van der Waals surface area contributed by atoms with E-state index in [1.807, 2.05) is 6.92 Å². The zero-order valence-corrected chi connectivity index (χ0v) is 11.4. The normalized spacial score (nSPS) is 11.4. The molecule has 0 bridgehead atoms. The van der Waals surface area contributed by atoms with Crippen molar-refractivity contribution in [1.29, 1.82) is 0 Å². The van der Waals surface area contributed by atoms with Gasteiger partial charge in [0.25, 0.3) is 0 Å². The number of hydrogen-bond acceptors (Lipinski definition) is 2. The molecule has 6 heteroatoms. The Kier molecular flexibility index (Phi) is 3.80. The van der Waals surface area contributed by atoms with E-state index in [9.17, 15) is 13.2 Å². The summed E-state index contributed by atoms with van der Waals surface area (Å²) in [6, 6.07) is 6.90. The Labute approximate surface area is 116 Å². The van der Waals surface area contributed by atoms with Gasteiger partial charge in [-0.3, -0.25) is 0 Å². The van der Waals surface area contributed by atoms with Crippen molar-refractivity contribution in [3.05, 3.63) is 52.1 Å². The second-order valence-electron chi connectivity index (χ2n) is 3.89. The summed E-state index contributed by atoms with van der Waals surface area (Å²) in [6.45, 7) is 1.86. The molecule has 0 fully saturated rings. The average Bonchev–Trinajstić information content (AvgIpc) is 2.33. The van der Waals surface area contributed by atoms with E-state index in [-0.39, 0.29) is 5.88 Å². The van der Waals surface area contributed by atoms with Gasteiger partial charge in [0.15, 0.2) is 0 Å². The first-order chi connectivity index (χ1) is 8.86. The maximum absolute atomic E-state index is 12.5. The molecule has 0 N–H and O–H groups in total. The highest BCUT2D eigenvalue weighted by molar-refractivity contribution is 9.10. The highest BCUT2D eigenvalue weighted by Gasteiger charge is 2.31. The molecular formula is C13H9BrF3NO. The van der Waals surface area contributed by atoms with Crippen LogP contribution in [0.5, 0.6) is 11.6 Å². The fourth-order valence-corrected chi connectivity index (χ4v) is 1.69. The van der Waals surface area contributed by atoms with Crippen molar-refractivity contribution in [1.82, 2.24) is 4.98 Å². The lowest BCUT2D eigenvalue weighted by Gasteiger charge is -2.09. The molecule has 2 nitrogen and oxygen atoms in total. The Hall–Kier alpha value is -1.56. The molecule has 1 aromatic carbocycles. The topological polar surface area (TPSA) is 22.1 Å². The van der Waals surface area contributed by atoms with Crippen LogP contribution >= 0.6 is 15.9 Å². The second-order valence-corrected chi connectivity index (χ2v) is 4.75. The van der Waals surface area contributed by atoms with Crippen molar-refractivity contribution in [2.45, 2.75) is 13.1 Å². The molecule has 2 rings (SSSR count). The van der Waals surface area contributed by atoms with Gasteiger partial charge in [0, 0.05) is 16.7 Å². The summed E-state index contributed by atoms with van der Waals surface area (Å²) in [7, 11) is 0. The fourth-order valence-electron chi connectivity index (χ4n) is 1.44. The molecule has 0 saturated carbocycles. The average molecular weight is 332 g/mol. The fraction of sp³-hybridized carbons (Fsp3) is 0.154. The number of benzene rings is 1. The van der Waals surface area contributed by atoms with Crippen LogP contribution in [-0.2, 0) is 6.18 Å². The molecule has 0 atom stereocenters. The van der Waals surface area contributed by atoms with Crippen LogP contribution in [0.1, 0.15) is 11.1 Å². The van der Waals surface area contributed by atoms with Crippen LogP contribution in [0, 0.1) is 6.92 Å². The number of ether oxygens (including phenoxy) is 1. The summed E-state index contributed by atoms with van der Waals surface area (Å²) in [5, 5.41) is 0. The molecule has 0 radical (unpaired) electrons. The first-order valence-corrected chi connectivity index (χ1v) is 6.13. The molecule has 0 unspecified atom stereocenters. The molecule has 0 aliphatic carbocycles. The SMILES string of the molecule is Cc1cc(Oc2cc(C(F)(F)F)ccn2)ccc1Br. The third-order valence-electron chi connectivity index (χ3n) is 2.41. The van der Waals surface area contributed by atoms with Crippen LogP contribution in [0.4, 0.5) is 13.2 Å². The molecule has 0 aliphatic rings. The van der Waals surface area contributed by atoms with E-state index in [1.54, 1.807) is 18.2 Å². The van der Waals surface area contributed by atoms with E-state index in [1.165, 1.54) is 0 Å². The lowest BCUT2D eigenvalue weighted by Crippen LogP contribution is -2.05. The zero-order valence-electron chi connectivity index (χ0n) is 9.83. The lowest BCUT2D eigenvalue weighted by molar-refractivity contribution is -0.137. The largest absolute Gasteiger partial charge is 0.439 e. The molecule has 0 aliphatic heterocycles. The molecule has 0 saturated heterocycles. The Morgan fingerprint density at radius 2 is 1.89 bits per heavy atom. The van der Waals surface area contributed by atoms with Gasteiger partial charge in [-0.1, -0.05) is 15.9 Å². The minimum Gasteiger partial charge on any atom is -0.439 e. The van der Waals surface area contributed by atoms with Gasteiger partial charge in [-0.05, 0) is 36.8 Å². The van der Waals surface area contributed by atoms with Gasteiger partial charge in [0.05, 0.1) is 5.56 Å². The van der Waals surface area contributed by atoms with E-state index < -0.39 is 11.7 Å². The molecule has 0 amide bonds. The van der Waals surface area contributed by atoms with Crippen LogP contribution in [0.25, 0.3) is 0 Å². The summed E-state index contributed by atoms with van der Waals surface area (Å²) in [4.78, 5) is 3.77. The zero-order chi connectivity index (χ0) is 14.0. The number of halogens is 4. The molecule has 0 spiro atoms. The van der Waals surface area contributed by atoms with Crippen LogP contribution in [0.2, 0.25) is 0 Å². The third kappa shape index (κ3) is 3.47. The maximum Gasteiger partial charge on any atom is 0.416 e. The first kappa shape index (κ1) is 13.9. The van der Waals surface area contributed by atoms with Gasteiger partial charge in [-0.25, -0.2) is 4.98 Å². The number of aryl methyl sites for hydroxylation is 1. The van der Waals surface area contributed by atoms with E-state index in [0.717, 1.165) is 28.4 Å². The van der Waals surface area contributed by atoms with Crippen molar-refractivity contribution in [3.63, 3.8) is 0 Å². The summed E-state index contributed by atoms with van der Waals surface area (Å²) in [6.07, 6.45) is -3.33. The summed E-state index contributed by atoms with van der Waals surface area (Å²) >= 11 is 3.33. The molecule has 1 heterocycles. The molecule has 100 valence electrons.